The van der Waals surface area contributed by atoms with Crippen molar-refractivity contribution in [3.05, 3.63) is 24.0 Å². The van der Waals surface area contributed by atoms with Crippen molar-refractivity contribution in [3.8, 4) is 0 Å². The Morgan fingerprint density at radius 3 is 2.94 bits per heavy atom. The SMILES string of the molecule is CCC1COC(C)CN1c1ccc(CN)nc1. The molecular weight excluding hydrogens is 214 g/mol. The molecule has 94 valence electrons. The lowest BCUT2D eigenvalue weighted by molar-refractivity contribution is 0.0299. The first-order valence-corrected chi connectivity index (χ1v) is 6.27. The predicted octanol–water partition coefficient (Wildman–Crippen LogP) is 1.54. The third-order valence-corrected chi connectivity index (χ3v) is 3.29. The number of ether oxygens (including phenoxy) is 1. The van der Waals surface area contributed by atoms with Crippen LogP contribution in [0.15, 0.2) is 18.3 Å². The highest BCUT2D eigenvalue weighted by Crippen LogP contribution is 2.22. The molecule has 2 rings (SSSR count). The molecule has 2 atom stereocenters. The molecule has 1 saturated heterocycles. The molecule has 0 aliphatic carbocycles. The summed E-state index contributed by atoms with van der Waals surface area (Å²) in [6, 6.07) is 4.56. The highest BCUT2D eigenvalue weighted by Gasteiger charge is 2.25. The average molecular weight is 235 g/mol. The van der Waals surface area contributed by atoms with Crippen LogP contribution in [-0.2, 0) is 11.3 Å². The molecule has 1 aliphatic rings. The van der Waals surface area contributed by atoms with Gasteiger partial charge < -0.3 is 15.4 Å². The summed E-state index contributed by atoms with van der Waals surface area (Å²) in [7, 11) is 0. The maximum Gasteiger partial charge on any atom is 0.0723 e. The fourth-order valence-electron chi connectivity index (χ4n) is 2.21. The number of hydrogen-bond acceptors (Lipinski definition) is 4. The molecular formula is C13H21N3O. The second-order valence-corrected chi connectivity index (χ2v) is 4.57. The van der Waals surface area contributed by atoms with Crippen molar-refractivity contribution < 1.29 is 4.74 Å². The molecule has 1 aliphatic heterocycles. The number of morpholine rings is 1. The maximum absolute atomic E-state index is 5.70. The largest absolute Gasteiger partial charge is 0.375 e. The lowest BCUT2D eigenvalue weighted by Gasteiger charge is -2.39. The van der Waals surface area contributed by atoms with E-state index in [0.29, 0.717) is 12.6 Å². The molecule has 2 unspecified atom stereocenters. The molecule has 0 radical (unpaired) electrons. The van der Waals surface area contributed by atoms with E-state index >= 15 is 0 Å². The molecule has 1 fully saturated rings. The minimum absolute atomic E-state index is 0.284. The Balaban J connectivity index is 2.16. The van der Waals surface area contributed by atoms with E-state index < -0.39 is 0 Å². The number of rotatable bonds is 3. The Labute approximate surface area is 103 Å². The topological polar surface area (TPSA) is 51.4 Å². The van der Waals surface area contributed by atoms with Gasteiger partial charge in [-0.1, -0.05) is 6.92 Å². The minimum Gasteiger partial charge on any atom is -0.375 e. The highest BCUT2D eigenvalue weighted by molar-refractivity contribution is 5.46. The van der Waals surface area contributed by atoms with Gasteiger partial charge in [-0.05, 0) is 25.5 Å². The van der Waals surface area contributed by atoms with Crippen LogP contribution in [0.1, 0.15) is 26.0 Å². The number of nitrogens with zero attached hydrogens (tertiary/aromatic N) is 2. The monoisotopic (exact) mass is 235 g/mol. The predicted molar refractivity (Wildman–Crippen MR) is 69.0 cm³/mol. The number of nitrogens with two attached hydrogens (primary N) is 1. The zero-order valence-corrected chi connectivity index (χ0v) is 10.6. The van der Waals surface area contributed by atoms with Crippen molar-refractivity contribution in [2.45, 2.75) is 39.0 Å². The molecule has 1 aromatic rings. The van der Waals surface area contributed by atoms with Crippen molar-refractivity contribution >= 4 is 5.69 Å². The molecule has 0 bridgehead atoms. The number of anilines is 1. The smallest absolute Gasteiger partial charge is 0.0723 e. The van der Waals surface area contributed by atoms with Crippen LogP contribution < -0.4 is 10.6 Å². The third kappa shape index (κ3) is 2.76. The molecule has 1 aromatic heterocycles. The van der Waals surface area contributed by atoms with Gasteiger partial charge >= 0.3 is 0 Å². The van der Waals surface area contributed by atoms with E-state index in [4.69, 9.17) is 10.5 Å². The van der Waals surface area contributed by atoms with Crippen molar-refractivity contribution in [2.24, 2.45) is 5.73 Å². The minimum atomic E-state index is 0.284. The Morgan fingerprint density at radius 1 is 1.53 bits per heavy atom. The summed E-state index contributed by atoms with van der Waals surface area (Å²) in [5.74, 6) is 0. The quantitative estimate of drug-likeness (QED) is 0.863. The fraction of sp³-hybridized carbons (Fsp3) is 0.615. The number of pyridine rings is 1. The van der Waals surface area contributed by atoms with Gasteiger partial charge in [0.05, 0.1) is 36.3 Å². The van der Waals surface area contributed by atoms with E-state index in [9.17, 15) is 0 Å². The maximum atomic E-state index is 5.70. The van der Waals surface area contributed by atoms with Gasteiger partial charge in [-0.2, -0.15) is 0 Å². The fourth-order valence-corrected chi connectivity index (χ4v) is 2.21. The molecule has 2 N–H and O–H groups in total. The van der Waals surface area contributed by atoms with Gasteiger partial charge in [0, 0.05) is 13.1 Å². The van der Waals surface area contributed by atoms with Gasteiger partial charge in [-0.3, -0.25) is 4.98 Å². The lowest BCUT2D eigenvalue weighted by Crippen LogP contribution is -2.48. The summed E-state index contributed by atoms with van der Waals surface area (Å²) in [6.45, 7) is 6.54. The first kappa shape index (κ1) is 12.3. The second-order valence-electron chi connectivity index (χ2n) is 4.57. The Hall–Kier alpha value is -1.13. The van der Waals surface area contributed by atoms with E-state index in [1.165, 1.54) is 5.69 Å². The normalized spacial score (nSPS) is 25.0. The van der Waals surface area contributed by atoms with Gasteiger partial charge in [0.25, 0.3) is 0 Å². The van der Waals surface area contributed by atoms with Crippen molar-refractivity contribution in [1.82, 2.24) is 4.98 Å². The van der Waals surface area contributed by atoms with Crippen LogP contribution in [0, 0.1) is 0 Å². The average Bonchev–Trinajstić information content (AvgIpc) is 2.39. The van der Waals surface area contributed by atoms with E-state index in [0.717, 1.165) is 25.3 Å². The molecule has 0 saturated carbocycles. The van der Waals surface area contributed by atoms with Crippen LogP contribution in [0.2, 0.25) is 0 Å². The van der Waals surface area contributed by atoms with Gasteiger partial charge in [0.15, 0.2) is 0 Å². The van der Waals surface area contributed by atoms with Crippen LogP contribution >= 0.6 is 0 Å². The summed E-state index contributed by atoms with van der Waals surface area (Å²) in [4.78, 5) is 6.75. The molecule has 17 heavy (non-hydrogen) atoms. The molecule has 4 nitrogen and oxygen atoms in total. The second kappa shape index (κ2) is 5.47. The molecule has 0 amide bonds. The lowest BCUT2D eigenvalue weighted by atomic mass is 10.1. The van der Waals surface area contributed by atoms with Crippen molar-refractivity contribution in [1.29, 1.82) is 0 Å². The van der Waals surface area contributed by atoms with E-state index in [2.05, 4.69) is 29.8 Å². The van der Waals surface area contributed by atoms with E-state index in [1.807, 2.05) is 12.3 Å². The summed E-state index contributed by atoms with van der Waals surface area (Å²) < 4.78 is 5.70. The van der Waals surface area contributed by atoms with Crippen LogP contribution in [0.25, 0.3) is 0 Å². The zero-order chi connectivity index (χ0) is 12.3. The van der Waals surface area contributed by atoms with Crippen LogP contribution in [0.5, 0.6) is 0 Å². The third-order valence-electron chi connectivity index (χ3n) is 3.29. The van der Waals surface area contributed by atoms with Gasteiger partial charge in [0.2, 0.25) is 0 Å². The van der Waals surface area contributed by atoms with Crippen molar-refractivity contribution in [2.75, 3.05) is 18.1 Å². The molecule has 0 spiro atoms. The van der Waals surface area contributed by atoms with Gasteiger partial charge in [-0.15, -0.1) is 0 Å². The van der Waals surface area contributed by atoms with Crippen LogP contribution in [-0.4, -0.2) is 30.3 Å². The number of hydrogen-bond donors (Lipinski definition) is 1. The van der Waals surface area contributed by atoms with E-state index in [1.54, 1.807) is 0 Å². The Bertz CT molecular complexity index is 352. The summed E-state index contributed by atoms with van der Waals surface area (Å²) in [6.07, 6.45) is 3.29. The standard InChI is InChI=1S/C13H21N3O/c1-3-12-9-17-10(2)8-16(12)13-5-4-11(6-14)15-7-13/h4-5,7,10,12H,3,6,8-9,14H2,1-2H3. The highest BCUT2D eigenvalue weighted by atomic mass is 16.5. The Kier molecular flexibility index (Phi) is 3.97. The van der Waals surface area contributed by atoms with Crippen molar-refractivity contribution in [3.63, 3.8) is 0 Å². The Morgan fingerprint density at radius 2 is 2.35 bits per heavy atom. The summed E-state index contributed by atoms with van der Waals surface area (Å²) in [5.41, 5.74) is 7.66. The van der Waals surface area contributed by atoms with Crippen LogP contribution in [0.3, 0.4) is 0 Å². The summed E-state index contributed by atoms with van der Waals surface area (Å²) >= 11 is 0. The first-order valence-electron chi connectivity index (χ1n) is 6.27. The van der Waals surface area contributed by atoms with Crippen LogP contribution in [0.4, 0.5) is 5.69 Å². The van der Waals surface area contributed by atoms with Gasteiger partial charge in [0.1, 0.15) is 0 Å². The number of aromatic nitrogens is 1. The molecule has 4 heteroatoms. The molecule has 2 heterocycles. The molecule has 0 aromatic carbocycles. The first-order chi connectivity index (χ1) is 8.24. The van der Waals surface area contributed by atoms with E-state index in [-0.39, 0.29) is 6.10 Å². The zero-order valence-electron chi connectivity index (χ0n) is 10.6. The summed E-state index contributed by atoms with van der Waals surface area (Å²) in [5, 5.41) is 0. The van der Waals surface area contributed by atoms with Gasteiger partial charge in [-0.25, -0.2) is 0 Å².